The van der Waals surface area contributed by atoms with E-state index in [1.165, 1.54) is 29.2 Å². The summed E-state index contributed by atoms with van der Waals surface area (Å²) >= 11 is 0. The molecular weight excluding hydrogens is 505 g/mol. The van der Waals surface area contributed by atoms with Gasteiger partial charge >= 0.3 is 0 Å². The summed E-state index contributed by atoms with van der Waals surface area (Å²) in [6.45, 7) is 6.77. The van der Waals surface area contributed by atoms with Crippen molar-refractivity contribution in [3.8, 4) is 0 Å². The Hall–Kier alpha value is -3.72. The Balaban J connectivity index is 2.03. The summed E-state index contributed by atoms with van der Waals surface area (Å²) < 4.78 is 42.1. The molecule has 1 unspecified atom stereocenters. The molecule has 202 valence electrons. The summed E-state index contributed by atoms with van der Waals surface area (Å²) in [5.74, 6) is -1.32. The van der Waals surface area contributed by atoms with Crippen LogP contribution in [0.2, 0.25) is 0 Å². The minimum atomic E-state index is -4.11. The fraction of sp³-hybridized carbons (Fsp3) is 0.310. The molecular formula is C29H34FN3O4S. The Morgan fingerprint density at radius 1 is 0.921 bits per heavy atom. The number of halogens is 1. The lowest BCUT2D eigenvalue weighted by Crippen LogP contribution is -2.53. The first-order valence-corrected chi connectivity index (χ1v) is 14.0. The first kappa shape index (κ1) is 28.8. The van der Waals surface area contributed by atoms with Gasteiger partial charge in [0.25, 0.3) is 10.0 Å². The number of carbonyl (C=O) groups is 2. The standard InChI is InChI=1S/C29H34FN3O4S/c1-5-27(29(35)31-21(2)3)32(19-23-13-15-24(30)16-14-23)28(34)20-33(25-9-7-6-8-10-25)38(36,37)26-17-11-22(4)12-18-26/h6-18,21,27H,5,19-20H2,1-4H3,(H,31,35). The van der Waals surface area contributed by atoms with Crippen LogP contribution in [0, 0.1) is 12.7 Å². The fourth-order valence-corrected chi connectivity index (χ4v) is 5.46. The van der Waals surface area contributed by atoms with E-state index >= 15 is 0 Å². The van der Waals surface area contributed by atoms with E-state index in [1.54, 1.807) is 61.5 Å². The Kier molecular flexibility index (Phi) is 9.63. The molecule has 0 saturated heterocycles. The van der Waals surface area contributed by atoms with Crippen LogP contribution in [0.25, 0.3) is 0 Å². The monoisotopic (exact) mass is 539 g/mol. The van der Waals surface area contributed by atoms with Crippen LogP contribution in [0.1, 0.15) is 38.3 Å². The summed E-state index contributed by atoms with van der Waals surface area (Å²) in [5, 5.41) is 2.85. The lowest BCUT2D eigenvalue weighted by Gasteiger charge is -2.33. The number of benzene rings is 3. The van der Waals surface area contributed by atoms with Crippen molar-refractivity contribution in [3.05, 3.63) is 95.8 Å². The van der Waals surface area contributed by atoms with E-state index in [4.69, 9.17) is 0 Å². The summed E-state index contributed by atoms with van der Waals surface area (Å²) in [6, 6.07) is 19.4. The average Bonchev–Trinajstić information content (AvgIpc) is 2.88. The molecule has 0 radical (unpaired) electrons. The molecule has 9 heteroatoms. The zero-order chi connectivity index (χ0) is 27.9. The van der Waals surface area contributed by atoms with Crippen LogP contribution >= 0.6 is 0 Å². The van der Waals surface area contributed by atoms with Gasteiger partial charge in [0.2, 0.25) is 11.8 Å². The normalized spacial score (nSPS) is 12.2. The van der Waals surface area contributed by atoms with E-state index in [0.717, 1.165) is 9.87 Å². The van der Waals surface area contributed by atoms with Gasteiger partial charge in [-0.2, -0.15) is 0 Å². The van der Waals surface area contributed by atoms with E-state index < -0.39 is 34.3 Å². The molecule has 0 aromatic heterocycles. The molecule has 2 amide bonds. The molecule has 0 aliphatic heterocycles. The Morgan fingerprint density at radius 2 is 1.53 bits per heavy atom. The summed E-state index contributed by atoms with van der Waals surface area (Å²) in [6.07, 6.45) is 0.307. The number of para-hydroxylation sites is 1. The van der Waals surface area contributed by atoms with Gasteiger partial charge in [-0.3, -0.25) is 13.9 Å². The molecule has 3 aromatic rings. The SMILES string of the molecule is CCC(C(=O)NC(C)C)N(Cc1ccc(F)cc1)C(=O)CN(c1ccccc1)S(=O)(=O)c1ccc(C)cc1. The van der Waals surface area contributed by atoms with Crippen molar-refractivity contribution in [2.45, 2.75) is 57.6 Å². The maximum absolute atomic E-state index is 13.9. The van der Waals surface area contributed by atoms with Gasteiger partial charge < -0.3 is 10.2 Å². The fourth-order valence-electron chi connectivity index (χ4n) is 4.05. The minimum Gasteiger partial charge on any atom is -0.352 e. The highest BCUT2D eigenvalue weighted by Gasteiger charge is 2.33. The molecule has 1 atom stereocenters. The molecule has 0 heterocycles. The number of carbonyl (C=O) groups excluding carboxylic acids is 2. The zero-order valence-electron chi connectivity index (χ0n) is 22.1. The van der Waals surface area contributed by atoms with Crippen LogP contribution in [0.4, 0.5) is 10.1 Å². The number of anilines is 1. The topological polar surface area (TPSA) is 86.8 Å². The lowest BCUT2D eigenvalue weighted by molar-refractivity contribution is -0.140. The van der Waals surface area contributed by atoms with Gasteiger partial charge in [-0.1, -0.05) is 55.0 Å². The molecule has 0 saturated carbocycles. The van der Waals surface area contributed by atoms with Crippen LogP contribution in [-0.4, -0.2) is 43.8 Å². The molecule has 0 aliphatic carbocycles. The third kappa shape index (κ3) is 7.19. The molecule has 0 aliphatic rings. The van der Waals surface area contributed by atoms with E-state index in [9.17, 15) is 22.4 Å². The van der Waals surface area contributed by atoms with Crippen LogP contribution in [-0.2, 0) is 26.2 Å². The van der Waals surface area contributed by atoms with Crippen molar-refractivity contribution in [2.24, 2.45) is 0 Å². The van der Waals surface area contributed by atoms with Crippen molar-refractivity contribution in [1.82, 2.24) is 10.2 Å². The second kappa shape index (κ2) is 12.7. The van der Waals surface area contributed by atoms with Gasteiger partial charge in [0.15, 0.2) is 0 Å². The van der Waals surface area contributed by atoms with Gasteiger partial charge in [-0.25, -0.2) is 12.8 Å². The van der Waals surface area contributed by atoms with Crippen LogP contribution in [0.3, 0.4) is 0 Å². The number of sulfonamides is 1. The van der Waals surface area contributed by atoms with Gasteiger partial charge in [0.05, 0.1) is 10.6 Å². The Bertz CT molecular complexity index is 1330. The lowest BCUT2D eigenvalue weighted by atomic mass is 10.1. The molecule has 7 nitrogen and oxygen atoms in total. The van der Waals surface area contributed by atoms with Gasteiger partial charge in [-0.05, 0) is 69.2 Å². The predicted molar refractivity (Wildman–Crippen MR) is 146 cm³/mol. The maximum atomic E-state index is 13.9. The number of hydrogen-bond donors (Lipinski definition) is 1. The number of nitrogens with zero attached hydrogens (tertiary/aromatic N) is 2. The molecule has 3 aromatic carbocycles. The highest BCUT2D eigenvalue weighted by Crippen LogP contribution is 2.25. The first-order chi connectivity index (χ1) is 18.0. The smallest absolute Gasteiger partial charge is 0.264 e. The highest BCUT2D eigenvalue weighted by atomic mass is 32.2. The van der Waals surface area contributed by atoms with Gasteiger partial charge in [0, 0.05) is 12.6 Å². The van der Waals surface area contributed by atoms with E-state index in [-0.39, 0.29) is 23.4 Å². The Morgan fingerprint density at radius 3 is 2.08 bits per heavy atom. The number of amides is 2. The van der Waals surface area contributed by atoms with Gasteiger partial charge in [-0.15, -0.1) is 0 Å². The van der Waals surface area contributed by atoms with Crippen LogP contribution in [0.5, 0.6) is 0 Å². The number of aryl methyl sites for hydroxylation is 1. The van der Waals surface area contributed by atoms with Crippen LogP contribution < -0.4 is 9.62 Å². The highest BCUT2D eigenvalue weighted by molar-refractivity contribution is 7.92. The molecule has 0 spiro atoms. The number of hydrogen-bond acceptors (Lipinski definition) is 4. The first-order valence-electron chi connectivity index (χ1n) is 12.5. The minimum absolute atomic E-state index is 0.0103. The largest absolute Gasteiger partial charge is 0.352 e. The predicted octanol–water partition coefficient (Wildman–Crippen LogP) is 4.66. The second-order valence-corrected chi connectivity index (χ2v) is 11.3. The van der Waals surface area contributed by atoms with E-state index in [1.807, 2.05) is 20.8 Å². The summed E-state index contributed by atoms with van der Waals surface area (Å²) in [5.41, 5.74) is 1.84. The van der Waals surface area contributed by atoms with Crippen molar-refractivity contribution < 1.29 is 22.4 Å². The van der Waals surface area contributed by atoms with Crippen molar-refractivity contribution >= 4 is 27.5 Å². The van der Waals surface area contributed by atoms with Crippen LogP contribution in [0.15, 0.2) is 83.8 Å². The Labute approximate surface area is 224 Å². The molecule has 38 heavy (non-hydrogen) atoms. The second-order valence-electron chi connectivity index (χ2n) is 9.40. The molecule has 1 N–H and O–H groups in total. The van der Waals surface area contributed by atoms with E-state index in [0.29, 0.717) is 17.7 Å². The third-order valence-electron chi connectivity index (χ3n) is 6.02. The quantitative estimate of drug-likeness (QED) is 0.384. The van der Waals surface area contributed by atoms with Crippen molar-refractivity contribution in [3.63, 3.8) is 0 Å². The van der Waals surface area contributed by atoms with Gasteiger partial charge in [0.1, 0.15) is 18.4 Å². The average molecular weight is 540 g/mol. The maximum Gasteiger partial charge on any atom is 0.264 e. The molecule has 0 fully saturated rings. The summed E-state index contributed by atoms with van der Waals surface area (Å²) in [4.78, 5) is 28.4. The summed E-state index contributed by atoms with van der Waals surface area (Å²) in [7, 11) is -4.11. The number of rotatable bonds is 11. The van der Waals surface area contributed by atoms with Crippen molar-refractivity contribution in [1.29, 1.82) is 0 Å². The molecule has 0 bridgehead atoms. The van der Waals surface area contributed by atoms with E-state index in [2.05, 4.69) is 5.32 Å². The zero-order valence-corrected chi connectivity index (χ0v) is 22.9. The number of nitrogens with one attached hydrogen (secondary N) is 1. The molecule has 3 rings (SSSR count). The van der Waals surface area contributed by atoms with Crippen molar-refractivity contribution in [2.75, 3.05) is 10.8 Å². The third-order valence-corrected chi connectivity index (χ3v) is 7.80.